The highest BCUT2D eigenvalue weighted by Gasteiger charge is 2.14. The van der Waals surface area contributed by atoms with Crippen LogP contribution in [0.1, 0.15) is 51.0 Å². The molecular formula is C25H30N2O6S. The highest BCUT2D eigenvalue weighted by molar-refractivity contribution is 7.85. The van der Waals surface area contributed by atoms with Gasteiger partial charge in [0, 0.05) is 55.2 Å². The fourth-order valence-electron chi connectivity index (χ4n) is 3.84. The van der Waals surface area contributed by atoms with Crippen LogP contribution in [0.2, 0.25) is 0 Å². The Morgan fingerprint density at radius 1 is 1.09 bits per heavy atom. The number of aromatic nitrogens is 1. The number of aryl methyl sites for hydroxylation is 1. The molecule has 0 fully saturated rings. The van der Waals surface area contributed by atoms with Gasteiger partial charge in [0.25, 0.3) is 0 Å². The molecule has 2 heterocycles. The second-order valence-corrected chi connectivity index (χ2v) is 9.40. The monoisotopic (exact) mass is 486 g/mol. The predicted octanol–water partition coefficient (Wildman–Crippen LogP) is 4.29. The second-order valence-electron chi connectivity index (χ2n) is 8.02. The van der Waals surface area contributed by atoms with E-state index in [1.54, 1.807) is 16.7 Å². The minimum atomic E-state index is -4.58. The number of unbranched alkanes of at least 4 members (excludes halogenated alkanes) is 2. The minimum Gasteiger partial charge on any atom is -0.744 e. The van der Waals surface area contributed by atoms with Crippen molar-refractivity contribution in [2.75, 3.05) is 18.0 Å². The topological polar surface area (TPSA) is 115 Å². The van der Waals surface area contributed by atoms with Gasteiger partial charge >= 0.3 is 5.97 Å². The molecule has 1 N–H and O–H groups in total. The summed E-state index contributed by atoms with van der Waals surface area (Å²) in [5.41, 5.74) is 2.58. The number of hydrogen-bond acceptors (Lipinski definition) is 6. The Morgan fingerprint density at radius 2 is 1.85 bits per heavy atom. The van der Waals surface area contributed by atoms with Gasteiger partial charge in [0.2, 0.25) is 5.69 Å². The van der Waals surface area contributed by atoms with Gasteiger partial charge in [0.15, 0.2) is 6.20 Å². The lowest BCUT2D eigenvalue weighted by atomic mass is 10.2. The first-order valence-corrected chi connectivity index (χ1v) is 12.8. The lowest BCUT2D eigenvalue weighted by Gasteiger charge is -2.20. The van der Waals surface area contributed by atoms with E-state index in [9.17, 15) is 17.8 Å². The van der Waals surface area contributed by atoms with Crippen LogP contribution in [-0.2, 0) is 21.5 Å². The molecule has 0 aliphatic heterocycles. The summed E-state index contributed by atoms with van der Waals surface area (Å²) in [5, 5.41) is 9.75. The van der Waals surface area contributed by atoms with Gasteiger partial charge in [-0.05, 0) is 57.0 Å². The molecule has 0 aliphatic carbocycles. The molecule has 9 heteroatoms. The minimum absolute atomic E-state index is 0.0917. The van der Waals surface area contributed by atoms with Crippen molar-refractivity contribution in [3.05, 3.63) is 54.0 Å². The van der Waals surface area contributed by atoms with E-state index in [0.29, 0.717) is 37.3 Å². The van der Waals surface area contributed by atoms with E-state index in [4.69, 9.17) is 9.52 Å². The Hall–Kier alpha value is -3.17. The average molecular weight is 487 g/mol. The number of fused-ring (bicyclic) bond motifs is 1. The zero-order chi connectivity index (χ0) is 24.7. The molecule has 0 amide bonds. The van der Waals surface area contributed by atoms with E-state index in [0.717, 1.165) is 29.7 Å². The first kappa shape index (κ1) is 25.5. The molecule has 182 valence electrons. The summed E-state index contributed by atoms with van der Waals surface area (Å²) < 4.78 is 42.1. The first-order chi connectivity index (χ1) is 16.2. The maximum Gasteiger partial charge on any atom is 0.303 e. The number of anilines is 1. The molecule has 0 spiro atoms. The Bertz CT molecular complexity index is 1280. The van der Waals surface area contributed by atoms with E-state index in [2.05, 4.69) is 24.8 Å². The summed E-state index contributed by atoms with van der Waals surface area (Å²) in [4.78, 5) is 12.6. The highest BCUT2D eigenvalue weighted by Crippen LogP contribution is 2.26. The zero-order valence-electron chi connectivity index (χ0n) is 19.4. The van der Waals surface area contributed by atoms with Crippen LogP contribution < -0.4 is 9.47 Å². The summed E-state index contributed by atoms with van der Waals surface area (Å²) >= 11 is 0. The molecule has 0 radical (unpaired) electrons. The van der Waals surface area contributed by atoms with E-state index >= 15 is 0 Å². The van der Waals surface area contributed by atoms with Crippen LogP contribution in [0.4, 0.5) is 5.69 Å². The van der Waals surface area contributed by atoms with Gasteiger partial charge in [0.05, 0.1) is 0 Å². The predicted molar refractivity (Wildman–Crippen MR) is 129 cm³/mol. The third-order valence-corrected chi connectivity index (χ3v) is 6.50. The van der Waals surface area contributed by atoms with Crippen LogP contribution in [0.5, 0.6) is 0 Å². The smallest absolute Gasteiger partial charge is 0.303 e. The molecule has 2 aromatic heterocycles. The molecule has 3 rings (SSSR count). The Balaban J connectivity index is 1.83. The van der Waals surface area contributed by atoms with Gasteiger partial charge in [-0.25, -0.2) is 8.42 Å². The molecule has 0 saturated carbocycles. The van der Waals surface area contributed by atoms with Crippen molar-refractivity contribution in [2.24, 2.45) is 0 Å². The average Bonchev–Trinajstić information content (AvgIpc) is 3.20. The number of pyridine rings is 1. The van der Waals surface area contributed by atoms with Crippen molar-refractivity contribution in [1.29, 1.82) is 0 Å². The summed E-state index contributed by atoms with van der Waals surface area (Å²) in [5.74, 6) is -0.189. The summed E-state index contributed by atoms with van der Waals surface area (Å²) in [6, 6.07) is 10.9. The number of rotatable bonds is 12. The number of carboxylic acids is 1. The van der Waals surface area contributed by atoms with Gasteiger partial charge in [-0.15, -0.1) is 0 Å². The number of carboxylic acid groups (broad SMARTS) is 1. The number of nitrogens with zero attached hydrogens (tertiary/aromatic N) is 2. The SMILES string of the molecule is CCN(CC)c1ccc2cc(/C=C/c3ccc(S(=O)(=O)[O-])c[n+]3CCCCCC(=O)O)oc2c1. The van der Waals surface area contributed by atoms with Crippen molar-refractivity contribution in [2.45, 2.75) is 51.0 Å². The van der Waals surface area contributed by atoms with Gasteiger partial charge in [-0.3, -0.25) is 4.79 Å². The zero-order valence-corrected chi connectivity index (χ0v) is 20.3. The molecule has 3 aromatic rings. The lowest BCUT2D eigenvalue weighted by Crippen LogP contribution is -2.37. The fraction of sp³-hybridized carbons (Fsp3) is 0.360. The van der Waals surface area contributed by atoms with Crippen LogP contribution in [0, 0.1) is 0 Å². The highest BCUT2D eigenvalue weighted by atomic mass is 32.2. The van der Waals surface area contributed by atoms with Crippen LogP contribution in [0.25, 0.3) is 23.1 Å². The number of carbonyl (C=O) groups is 1. The molecule has 0 aliphatic rings. The van der Waals surface area contributed by atoms with Crippen LogP contribution in [0.3, 0.4) is 0 Å². The van der Waals surface area contributed by atoms with Crippen molar-refractivity contribution in [1.82, 2.24) is 0 Å². The van der Waals surface area contributed by atoms with Gasteiger partial charge < -0.3 is 19.0 Å². The van der Waals surface area contributed by atoms with E-state index in [1.807, 2.05) is 24.3 Å². The summed E-state index contributed by atoms with van der Waals surface area (Å²) in [6.07, 6.45) is 6.90. The van der Waals surface area contributed by atoms with Crippen molar-refractivity contribution in [3.8, 4) is 0 Å². The van der Waals surface area contributed by atoms with Gasteiger partial charge in [-0.1, -0.05) is 0 Å². The molecule has 0 bridgehead atoms. The fourth-order valence-corrected chi connectivity index (χ4v) is 4.33. The number of aliphatic carboxylic acids is 1. The Kier molecular flexibility index (Phi) is 8.46. The molecule has 0 unspecified atom stereocenters. The maximum absolute atomic E-state index is 11.5. The van der Waals surface area contributed by atoms with E-state index < -0.39 is 16.1 Å². The number of benzene rings is 1. The third kappa shape index (κ3) is 6.68. The quantitative estimate of drug-likeness (QED) is 0.231. The molecular weight excluding hydrogens is 456 g/mol. The molecule has 1 aromatic carbocycles. The molecule has 0 atom stereocenters. The lowest BCUT2D eigenvalue weighted by molar-refractivity contribution is -0.700. The largest absolute Gasteiger partial charge is 0.744 e. The summed E-state index contributed by atoms with van der Waals surface area (Å²) in [7, 11) is -4.58. The number of hydrogen-bond donors (Lipinski definition) is 1. The van der Waals surface area contributed by atoms with Crippen LogP contribution >= 0.6 is 0 Å². The van der Waals surface area contributed by atoms with Crippen molar-refractivity contribution < 1.29 is 31.9 Å². The van der Waals surface area contributed by atoms with E-state index in [-0.39, 0.29) is 11.3 Å². The maximum atomic E-state index is 11.5. The molecule has 8 nitrogen and oxygen atoms in total. The van der Waals surface area contributed by atoms with Crippen LogP contribution in [-0.4, -0.2) is 37.1 Å². The normalized spacial score (nSPS) is 12.0. The van der Waals surface area contributed by atoms with Crippen LogP contribution in [0.15, 0.2) is 51.9 Å². The van der Waals surface area contributed by atoms with Crippen molar-refractivity contribution in [3.63, 3.8) is 0 Å². The third-order valence-electron chi connectivity index (χ3n) is 5.68. The standard InChI is InChI=1S/C25H30N2O6S/c1-3-26(4-2)21-10-9-19-16-22(33-24(19)17-21)13-11-20-12-14-23(34(30,31)32)18-27(20)15-7-5-6-8-25(28)29/h9-14,16-18H,3-8,15H2,1-2H3,(H-,28,29,30,31,32). The Morgan fingerprint density at radius 3 is 2.53 bits per heavy atom. The van der Waals surface area contributed by atoms with Crippen molar-refractivity contribution >= 4 is 44.9 Å². The Labute approximate surface area is 199 Å². The van der Waals surface area contributed by atoms with E-state index in [1.165, 1.54) is 12.3 Å². The molecule has 0 saturated heterocycles. The second kappa shape index (κ2) is 11.3. The molecule has 34 heavy (non-hydrogen) atoms. The number of furan rings is 1. The van der Waals surface area contributed by atoms with Gasteiger partial charge in [0.1, 0.15) is 32.9 Å². The first-order valence-electron chi connectivity index (χ1n) is 11.4. The van der Waals surface area contributed by atoms with Gasteiger partial charge in [-0.2, -0.15) is 4.57 Å². The summed E-state index contributed by atoms with van der Waals surface area (Å²) in [6.45, 7) is 6.47.